The van der Waals surface area contributed by atoms with Crippen LogP contribution in [-0.4, -0.2) is 34.0 Å². The van der Waals surface area contributed by atoms with Crippen LogP contribution in [0.15, 0.2) is 24.4 Å². The molecule has 1 aromatic heterocycles. The number of carbonyl (C=O) groups excluding carboxylic acids is 1. The first-order valence-corrected chi connectivity index (χ1v) is 8.92. The van der Waals surface area contributed by atoms with Gasteiger partial charge in [-0.2, -0.15) is 18.3 Å². The Morgan fingerprint density at radius 2 is 2.11 bits per heavy atom. The van der Waals surface area contributed by atoms with Crippen molar-refractivity contribution in [2.24, 2.45) is 7.05 Å². The Hall–Kier alpha value is -2.13. The number of nitrogens with zero attached hydrogens (tertiary/aromatic N) is 3. The number of hydrogen-bond acceptors (Lipinski definition) is 3. The Labute approximate surface area is 163 Å². The van der Waals surface area contributed by atoms with E-state index in [1.165, 1.54) is 13.1 Å². The molecule has 5 nitrogen and oxygen atoms in total. The second-order valence-corrected chi connectivity index (χ2v) is 7.01. The van der Waals surface area contributed by atoms with Crippen LogP contribution in [0.2, 0.25) is 5.02 Å². The molecule has 0 fully saturated rings. The normalized spacial score (nSPS) is 19.8. The fraction of sp³-hybridized carbons (Fsp3) is 0.444. The van der Waals surface area contributed by atoms with Crippen molar-refractivity contribution in [2.45, 2.75) is 37.7 Å². The third kappa shape index (κ3) is 3.86. The van der Waals surface area contributed by atoms with Gasteiger partial charge in [0.2, 0.25) is 0 Å². The SMILES string of the molecule is CON(C(=O)c1cn(C)nc1C(F)(F)F)C1c2cc(Cl)ccc2CCCC1F. The van der Waals surface area contributed by atoms with Gasteiger partial charge in [0.1, 0.15) is 12.2 Å². The first kappa shape index (κ1) is 20.6. The molecule has 1 aromatic carbocycles. The molecule has 0 saturated carbocycles. The van der Waals surface area contributed by atoms with E-state index in [1.54, 1.807) is 12.1 Å². The Morgan fingerprint density at radius 3 is 2.75 bits per heavy atom. The van der Waals surface area contributed by atoms with Gasteiger partial charge in [0.05, 0.1) is 12.7 Å². The van der Waals surface area contributed by atoms with E-state index in [4.69, 9.17) is 16.4 Å². The Bertz CT molecular complexity index is 884. The van der Waals surface area contributed by atoms with E-state index < -0.39 is 35.6 Å². The van der Waals surface area contributed by atoms with Crippen LogP contribution >= 0.6 is 11.6 Å². The Balaban J connectivity index is 2.09. The number of carbonyl (C=O) groups is 1. The number of aryl methyl sites for hydroxylation is 2. The maximum atomic E-state index is 15.0. The van der Waals surface area contributed by atoms with Gasteiger partial charge < -0.3 is 0 Å². The summed E-state index contributed by atoms with van der Waals surface area (Å²) in [6.07, 6.45) is -4.21. The van der Waals surface area contributed by atoms with E-state index in [2.05, 4.69) is 5.10 Å². The van der Waals surface area contributed by atoms with Gasteiger partial charge >= 0.3 is 6.18 Å². The van der Waals surface area contributed by atoms with Crippen LogP contribution < -0.4 is 0 Å². The average molecular weight is 420 g/mol. The molecule has 1 aliphatic rings. The van der Waals surface area contributed by atoms with Gasteiger partial charge in [-0.15, -0.1) is 0 Å². The molecule has 152 valence electrons. The minimum absolute atomic E-state index is 0.128. The van der Waals surface area contributed by atoms with E-state index in [0.29, 0.717) is 28.5 Å². The van der Waals surface area contributed by atoms with Crippen LogP contribution in [0.5, 0.6) is 0 Å². The first-order valence-electron chi connectivity index (χ1n) is 8.54. The lowest BCUT2D eigenvalue weighted by Crippen LogP contribution is -2.39. The summed E-state index contributed by atoms with van der Waals surface area (Å²) < 4.78 is 55.8. The number of halogens is 5. The zero-order chi connectivity index (χ0) is 20.6. The van der Waals surface area contributed by atoms with Gasteiger partial charge in [-0.05, 0) is 42.5 Å². The lowest BCUT2D eigenvalue weighted by atomic mass is 9.97. The van der Waals surface area contributed by atoms with Gasteiger partial charge in [-0.1, -0.05) is 17.7 Å². The van der Waals surface area contributed by atoms with E-state index in [0.717, 1.165) is 23.6 Å². The summed E-state index contributed by atoms with van der Waals surface area (Å²) in [5.74, 6) is -1.12. The van der Waals surface area contributed by atoms with Crippen LogP contribution in [-0.2, 0) is 24.5 Å². The summed E-state index contributed by atoms with van der Waals surface area (Å²) in [5, 5.41) is 4.32. The first-order chi connectivity index (χ1) is 13.1. The number of amides is 1. The minimum atomic E-state index is -4.84. The monoisotopic (exact) mass is 419 g/mol. The van der Waals surface area contributed by atoms with Gasteiger partial charge in [0.25, 0.3) is 5.91 Å². The molecular formula is C18H18ClF4N3O2. The molecule has 2 aromatic rings. The highest BCUT2D eigenvalue weighted by atomic mass is 35.5. The van der Waals surface area contributed by atoms with Crippen molar-refractivity contribution in [3.8, 4) is 0 Å². The zero-order valence-electron chi connectivity index (χ0n) is 15.1. The average Bonchev–Trinajstić information content (AvgIpc) is 2.95. The standard InChI is InChI=1S/C18H18ClF4N3O2/c1-25-9-13(16(24-25)18(21,22)23)17(27)26(28-2)15-12-8-11(19)7-6-10(12)4-3-5-14(15)20/h6-9,14-15H,3-5H2,1-2H3. The smallest absolute Gasteiger partial charge is 0.274 e. The molecule has 0 spiro atoms. The fourth-order valence-corrected chi connectivity index (χ4v) is 3.66. The van der Waals surface area contributed by atoms with Gasteiger partial charge in [0.15, 0.2) is 5.69 Å². The van der Waals surface area contributed by atoms with Crippen molar-refractivity contribution in [2.75, 3.05) is 7.11 Å². The number of rotatable bonds is 3. The second-order valence-electron chi connectivity index (χ2n) is 6.57. The number of hydrogen-bond donors (Lipinski definition) is 0. The van der Waals surface area contributed by atoms with Crippen LogP contribution in [0.1, 0.15) is 46.1 Å². The Morgan fingerprint density at radius 1 is 1.39 bits per heavy atom. The number of aromatic nitrogens is 2. The Kier molecular flexibility index (Phi) is 5.67. The summed E-state index contributed by atoms with van der Waals surface area (Å²) in [6, 6.07) is 3.67. The highest BCUT2D eigenvalue weighted by Crippen LogP contribution is 2.39. The molecule has 10 heteroatoms. The van der Waals surface area contributed by atoms with Crippen molar-refractivity contribution >= 4 is 17.5 Å². The molecule has 0 aliphatic heterocycles. The van der Waals surface area contributed by atoms with E-state index in [9.17, 15) is 18.0 Å². The molecule has 0 radical (unpaired) electrons. The van der Waals surface area contributed by atoms with Crippen LogP contribution in [0.3, 0.4) is 0 Å². The molecule has 1 aliphatic carbocycles. The minimum Gasteiger partial charge on any atom is -0.274 e. The highest BCUT2D eigenvalue weighted by Gasteiger charge is 2.43. The van der Waals surface area contributed by atoms with Crippen LogP contribution in [0, 0.1) is 0 Å². The molecule has 28 heavy (non-hydrogen) atoms. The molecule has 2 atom stereocenters. The van der Waals surface area contributed by atoms with Crippen molar-refractivity contribution in [1.82, 2.24) is 14.8 Å². The molecular weight excluding hydrogens is 402 g/mol. The predicted octanol–water partition coefficient (Wildman–Crippen LogP) is 4.51. The lowest BCUT2D eigenvalue weighted by Gasteiger charge is -2.32. The molecule has 3 rings (SSSR count). The fourth-order valence-electron chi connectivity index (χ4n) is 3.48. The largest absolute Gasteiger partial charge is 0.435 e. The zero-order valence-corrected chi connectivity index (χ0v) is 15.9. The number of alkyl halides is 4. The number of fused-ring (bicyclic) bond motifs is 1. The molecule has 0 bridgehead atoms. The molecule has 1 heterocycles. The third-order valence-electron chi connectivity index (χ3n) is 4.67. The summed E-state index contributed by atoms with van der Waals surface area (Å²) in [4.78, 5) is 18.1. The quantitative estimate of drug-likeness (QED) is 0.418. The van der Waals surface area contributed by atoms with E-state index in [-0.39, 0.29) is 6.42 Å². The van der Waals surface area contributed by atoms with Gasteiger partial charge in [-0.25, -0.2) is 9.45 Å². The van der Waals surface area contributed by atoms with Crippen LogP contribution in [0.25, 0.3) is 0 Å². The van der Waals surface area contributed by atoms with Crippen molar-refractivity contribution < 1.29 is 27.2 Å². The predicted molar refractivity (Wildman–Crippen MR) is 93.4 cm³/mol. The molecule has 2 unspecified atom stereocenters. The van der Waals surface area contributed by atoms with Crippen molar-refractivity contribution in [1.29, 1.82) is 0 Å². The van der Waals surface area contributed by atoms with Crippen molar-refractivity contribution in [3.05, 3.63) is 51.8 Å². The molecule has 1 amide bonds. The van der Waals surface area contributed by atoms with Gasteiger partial charge in [0, 0.05) is 18.3 Å². The van der Waals surface area contributed by atoms with Crippen LogP contribution in [0.4, 0.5) is 17.6 Å². The number of hydroxylamine groups is 2. The maximum absolute atomic E-state index is 15.0. The maximum Gasteiger partial charge on any atom is 0.435 e. The van der Waals surface area contributed by atoms with Crippen molar-refractivity contribution in [3.63, 3.8) is 0 Å². The van der Waals surface area contributed by atoms with E-state index >= 15 is 4.39 Å². The van der Waals surface area contributed by atoms with Gasteiger partial charge in [-0.3, -0.25) is 14.3 Å². The molecule has 0 saturated heterocycles. The highest BCUT2D eigenvalue weighted by molar-refractivity contribution is 6.30. The molecule has 0 N–H and O–H groups in total. The second kappa shape index (κ2) is 7.71. The third-order valence-corrected chi connectivity index (χ3v) is 4.91. The summed E-state index contributed by atoms with van der Waals surface area (Å²) in [6.45, 7) is 0. The topological polar surface area (TPSA) is 47.4 Å². The van der Waals surface area contributed by atoms with E-state index in [1.807, 2.05) is 0 Å². The number of benzene rings is 1. The summed E-state index contributed by atoms with van der Waals surface area (Å²) >= 11 is 6.05. The summed E-state index contributed by atoms with van der Waals surface area (Å²) in [7, 11) is 2.38. The summed E-state index contributed by atoms with van der Waals surface area (Å²) in [5.41, 5.74) is -0.869. The lowest BCUT2D eigenvalue weighted by molar-refractivity contribution is -0.147.